The van der Waals surface area contributed by atoms with E-state index in [1.807, 2.05) is 7.05 Å². The number of esters is 1. The van der Waals surface area contributed by atoms with Crippen LogP contribution in [0.4, 0.5) is 18.6 Å². The van der Waals surface area contributed by atoms with Crippen LogP contribution in [0.1, 0.15) is 68.4 Å². The number of rotatable bonds is 7. The maximum Gasteiger partial charge on any atom is 0.341 e. The van der Waals surface area contributed by atoms with Gasteiger partial charge in [-0.1, -0.05) is 6.58 Å². The molecule has 0 unspecified atom stereocenters. The number of alkyl halides is 2. The van der Waals surface area contributed by atoms with Gasteiger partial charge in [-0.05, 0) is 75.3 Å². The van der Waals surface area contributed by atoms with Crippen LogP contribution < -0.4 is 10.6 Å². The van der Waals surface area contributed by atoms with Gasteiger partial charge in [0.05, 0.1) is 17.0 Å². The van der Waals surface area contributed by atoms with Gasteiger partial charge in [0.1, 0.15) is 5.00 Å². The highest BCUT2D eigenvalue weighted by Gasteiger charge is 2.39. The lowest BCUT2D eigenvalue weighted by atomic mass is 9.95. The number of aryl methyl sites for hydroxylation is 1. The molecule has 0 bridgehead atoms. The topological polar surface area (TPSA) is 70.7 Å². The van der Waals surface area contributed by atoms with Crippen molar-refractivity contribution in [2.45, 2.75) is 65.0 Å². The zero-order chi connectivity index (χ0) is 25.3. The van der Waals surface area contributed by atoms with Crippen LogP contribution in [0.2, 0.25) is 0 Å². The maximum absolute atomic E-state index is 15.1. The number of urea groups is 1. The van der Waals surface area contributed by atoms with Gasteiger partial charge in [-0.3, -0.25) is 5.32 Å². The van der Waals surface area contributed by atoms with E-state index in [9.17, 15) is 9.59 Å². The molecule has 2 aromatic heterocycles. The molecule has 0 fully saturated rings. The van der Waals surface area contributed by atoms with Crippen LogP contribution in [-0.4, -0.2) is 37.1 Å². The first kappa shape index (κ1) is 25.8. The van der Waals surface area contributed by atoms with Crippen LogP contribution in [0.25, 0.3) is 0 Å². The van der Waals surface area contributed by atoms with Gasteiger partial charge in [0.2, 0.25) is 0 Å². The molecule has 2 aromatic rings. The first-order valence-corrected chi connectivity index (χ1v) is 13.5. The molecule has 3 heterocycles. The quantitative estimate of drug-likeness (QED) is 0.353. The third kappa shape index (κ3) is 5.15. The second kappa shape index (κ2) is 10.4. The molecule has 6 nitrogen and oxygen atoms in total. The fraction of sp³-hybridized carbons (Fsp3) is 0.520. The number of likely N-dealkylation sites (N-methyl/N-ethyl adjacent to an activating group) is 1. The number of allylic oxidation sites excluding steroid dienone is 1. The van der Waals surface area contributed by atoms with E-state index in [-0.39, 0.29) is 23.6 Å². The number of nitrogens with zero attached hydrogens (tertiary/aromatic N) is 1. The van der Waals surface area contributed by atoms with E-state index < -0.39 is 17.9 Å². The minimum atomic E-state index is -3.17. The zero-order valence-electron chi connectivity index (χ0n) is 20.3. The highest BCUT2D eigenvalue weighted by Crippen LogP contribution is 2.45. The van der Waals surface area contributed by atoms with Gasteiger partial charge in [0.25, 0.3) is 0 Å². The zero-order valence-corrected chi connectivity index (χ0v) is 21.9. The van der Waals surface area contributed by atoms with E-state index in [4.69, 9.17) is 4.74 Å². The molecule has 35 heavy (non-hydrogen) atoms. The fourth-order valence-corrected chi connectivity index (χ4v) is 7.39. The average molecular weight is 524 g/mol. The predicted octanol–water partition coefficient (Wildman–Crippen LogP) is 5.84. The van der Waals surface area contributed by atoms with Gasteiger partial charge < -0.3 is 15.0 Å². The Balaban J connectivity index is 1.57. The Hall–Kier alpha value is -2.30. The third-order valence-corrected chi connectivity index (χ3v) is 9.02. The Morgan fingerprint density at radius 2 is 1.89 bits per heavy atom. The summed E-state index contributed by atoms with van der Waals surface area (Å²) in [5.41, 5.74) is 2.51. The summed E-state index contributed by atoms with van der Waals surface area (Å²) in [6.07, 6.45) is 4.32. The third-order valence-electron chi connectivity index (χ3n) is 6.48. The van der Waals surface area contributed by atoms with E-state index in [0.717, 1.165) is 64.4 Å². The van der Waals surface area contributed by atoms with E-state index in [1.54, 1.807) is 6.92 Å². The molecular formula is C25H31F2N3O3S2. The average Bonchev–Trinajstić information content (AvgIpc) is 3.35. The number of carbonyl (C=O) groups is 2. The highest BCUT2D eigenvalue weighted by molar-refractivity contribution is 7.17. The number of ether oxygens (including phenoxy) is 1. The summed E-state index contributed by atoms with van der Waals surface area (Å²) in [6, 6.07) is -0.536. The summed E-state index contributed by atoms with van der Waals surface area (Å²) in [6.45, 7) is 8.15. The number of anilines is 1. The van der Waals surface area contributed by atoms with Crippen molar-refractivity contribution < 1.29 is 23.1 Å². The highest BCUT2D eigenvalue weighted by atomic mass is 32.1. The van der Waals surface area contributed by atoms with Gasteiger partial charge in [0, 0.05) is 29.4 Å². The molecule has 10 heteroatoms. The molecule has 4 rings (SSSR count). The number of hydrogen-bond donors (Lipinski definition) is 2. The minimum absolute atomic E-state index is 0.0284. The van der Waals surface area contributed by atoms with Crippen molar-refractivity contribution in [1.82, 2.24) is 10.2 Å². The van der Waals surface area contributed by atoms with Crippen LogP contribution in [0.5, 0.6) is 0 Å². The van der Waals surface area contributed by atoms with E-state index in [1.165, 1.54) is 18.3 Å². The van der Waals surface area contributed by atoms with Gasteiger partial charge in [-0.15, -0.1) is 22.7 Å². The lowest BCUT2D eigenvalue weighted by Crippen LogP contribution is -2.31. The summed E-state index contributed by atoms with van der Waals surface area (Å²) in [7, 11) is 1.96. The molecule has 1 aliphatic carbocycles. The lowest BCUT2D eigenvalue weighted by Gasteiger charge is -2.23. The SMILES string of the molecule is C=C(C)C(F)(F)c1sc2c(c1CNC(=O)Nc1sc3c(c1C(=O)OCC)CCCC3)CCN(C)C2. The van der Waals surface area contributed by atoms with Gasteiger partial charge >= 0.3 is 17.9 Å². The normalized spacial score (nSPS) is 15.8. The van der Waals surface area contributed by atoms with Crippen molar-refractivity contribution in [3.63, 3.8) is 0 Å². The molecule has 0 saturated carbocycles. The summed E-state index contributed by atoms with van der Waals surface area (Å²) < 4.78 is 35.4. The Labute approximate surface area is 212 Å². The number of hydrogen-bond acceptors (Lipinski definition) is 6. The van der Waals surface area contributed by atoms with Gasteiger partial charge in [-0.2, -0.15) is 8.78 Å². The number of fused-ring (bicyclic) bond motifs is 2. The standard InChI is InChI=1S/C25H31F2N3O3S2/c1-5-33-23(31)20-16-8-6-7-9-18(16)35-22(20)29-24(32)28-12-17-15-10-11-30(4)13-19(15)34-21(17)25(26,27)14(2)3/h2,5-13H2,1,3-4H3,(H2,28,29,32). The molecule has 1 aliphatic heterocycles. The second-order valence-corrected chi connectivity index (χ2v) is 11.3. The number of amides is 2. The first-order valence-electron chi connectivity index (χ1n) is 11.9. The van der Waals surface area contributed by atoms with Crippen molar-refractivity contribution >= 4 is 39.7 Å². The van der Waals surface area contributed by atoms with Crippen LogP contribution in [-0.2, 0) is 43.0 Å². The number of carbonyl (C=O) groups excluding carboxylic acids is 2. The summed E-state index contributed by atoms with van der Waals surface area (Å²) in [5.74, 6) is -3.61. The Morgan fingerprint density at radius 1 is 1.14 bits per heavy atom. The molecule has 2 aliphatic rings. The van der Waals surface area contributed by atoms with E-state index >= 15 is 8.78 Å². The van der Waals surface area contributed by atoms with Crippen molar-refractivity contribution in [1.29, 1.82) is 0 Å². The maximum atomic E-state index is 15.1. The Kier molecular flexibility index (Phi) is 7.63. The first-order chi connectivity index (χ1) is 16.6. The molecule has 190 valence electrons. The number of nitrogens with one attached hydrogen (secondary N) is 2. The molecule has 0 atom stereocenters. The fourth-order valence-electron chi connectivity index (χ4n) is 4.62. The molecule has 0 spiro atoms. The van der Waals surface area contributed by atoms with E-state index in [0.29, 0.717) is 29.1 Å². The van der Waals surface area contributed by atoms with Crippen LogP contribution in [0, 0.1) is 0 Å². The van der Waals surface area contributed by atoms with Crippen LogP contribution in [0.15, 0.2) is 12.2 Å². The Bertz CT molecular complexity index is 1160. The van der Waals surface area contributed by atoms with Crippen molar-refractivity contribution in [2.75, 3.05) is 25.5 Å². The van der Waals surface area contributed by atoms with Gasteiger partial charge in [-0.25, -0.2) is 9.59 Å². The van der Waals surface area contributed by atoms with E-state index in [2.05, 4.69) is 22.1 Å². The summed E-state index contributed by atoms with van der Waals surface area (Å²) >= 11 is 2.50. The summed E-state index contributed by atoms with van der Waals surface area (Å²) in [4.78, 5) is 29.6. The molecule has 0 saturated heterocycles. The van der Waals surface area contributed by atoms with Gasteiger partial charge in [0.15, 0.2) is 0 Å². The lowest BCUT2D eigenvalue weighted by molar-refractivity contribution is 0.0415. The summed E-state index contributed by atoms with van der Waals surface area (Å²) in [5, 5.41) is 6.01. The number of thiophene rings is 2. The smallest absolute Gasteiger partial charge is 0.341 e. The minimum Gasteiger partial charge on any atom is -0.462 e. The molecule has 0 radical (unpaired) electrons. The predicted molar refractivity (Wildman–Crippen MR) is 136 cm³/mol. The van der Waals surface area contributed by atoms with Crippen molar-refractivity contribution in [2.24, 2.45) is 0 Å². The van der Waals surface area contributed by atoms with Crippen LogP contribution in [0.3, 0.4) is 0 Å². The van der Waals surface area contributed by atoms with Crippen molar-refractivity contribution in [3.05, 3.63) is 49.0 Å². The molecule has 0 aromatic carbocycles. The number of halogens is 2. The molecule has 2 amide bonds. The second-order valence-electron chi connectivity index (χ2n) is 9.10. The largest absolute Gasteiger partial charge is 0.462 e. The Morgan fingerprint density at radius 3 is 2.60 bits per heavy atom. The molecular weight excluding hydrogens is 492 g/mol. The molecule has 2 N–H and O–H groups in total. The van der Waals surface area contributed by atoms with Crippen LogP contribution >= 0.6 is 22.7 Å². The monoisotopic (exact) mass is 523 g/mol. The van der Waals surface area contributed by atoms with Crippen molar-refractivity contribution in [3.8, 4) is 0 Å².